The molecule has 37 heavy (non-hydrogen) atoms. The maximum absolute atomic E-state index is 13.8. The molecule has 5 nitrogen and oxygen atoms in total. The van der Waals surface area contributed by atoms with E-state index in [-0.39, 0.29) is 17.1 Å². The number of benzene rings is 3. The van der Waals surface area contributed by atoms with E-state index in [1.165, 1.54) is 5.56 Å². The molecule has 1 aliphatic carbocycles. The first-order chi connectivity index (χ1) is 17.9. The molecular weight excluding hydrogens is 502 g/mol. The summed E-state index contributed by atoms with van der Waals surface area (Å²) in [6.07, 6.45) is 3.62. The van der Waals surface area contributed by atoms with Gasteiger partial charge in [0.25, 0.3) is 11.8 Å². The van der Waals surface area contributed by atoms with Crippen LogP contribution >= 0.6 is 23.4 Å². The van der Waals surface area contributed by atoms with Crippen molar-refractivity contribution in [2.75, 3.05) is 0 Å². The summed E-state index contributed by atoms with van der Waals surface area (Å²) < 4.78 is 0. The normalized spacial score (nSPS) is 23.6. The van der Waals surface area contributed by atoms with Crippen molar-refractivity contribution in [3.8, 4) is 11.1 Å². The number of hydrazine groups is 1. The number of H-pyrrole nitrogens is 1. The van der Waals surface area contributed by atoms with Crippen molar-refractivity contribution in [2.45, 2.75) is 48.6 Å². The summed E-state index contributed by atoms with van der Waals surface area (Å²) in [6.45, 7) is 1.94. The molecule has 2 heterocycles. The first-order valence-electron chi connectivity index (χ1n) is 12.7. The van der Waals surface area contributed by atoms with Crippen molar-refractivity contribution in [3.63, 3.8) is 0 Å². The number of fused-ring (bicyclic) bond motifs is 1. The van der Waals surface area contributed by atoms with E-state index in [1.54, 1.807) is 22.8 Å². The smallest absolute Gasteiger partial charge is 0.286 e. The maximum atomic E-state index is 13.8. The highest BCUT2D eigenvalue weighted by Gasteiger charge is 2.52. The van der Waals surface area contributed by atoms with Crippen LogP contribution in [0.1, 0.15) is 54.6 Å². The number of carbonyl (C=O) groups excluding carboxylic acids is 2. The average molecular weight is 530 g/mol. The molecule has 1 unspecified atom stereocenters. The van der Waals surface area contributed by atoms with Gasteiger partial charge in [0, 0.05) is 21.5 Å². The molecular formula is C30H28ClN3O2S. The van der Waals surface area contributed by atoms with Gasteiger partial charge in [-0.2, -0.15) is 0 Å². The summed E-state index contributed by atoms with van der Waals surface area (Å²) in [5.74, 6) is 0.106. The zero-order valence-corrected chi connectivity index (χ0v) is 22.1. The van der Waals surface area contributed by atoms with E-state index < -0.39 is 4.87 Å². The lowest BCUT2D eigenvalue weighted by molar-refractivity contribution is -0.135. The van der Waals surface area contributed by atoms with Gasteiger partial charge in [-0.05, 0) is 67.9 Å². The minimum Gasteiger partial charge on any atom is -0.350 e. The number of hydrogen-bond acceptors (Lipinski definition) is 3. The fraction of sp³-hybridized carbons (Fsp3) is 0.267. The Hall–Kier alpha value is -3.22. The number of aromatic amines is 1. The maximum Gasteiger partial charge on any atom is 0.286 e. The highest BCUT2D eigenvalue weighted by Crippen LogP contribution is 2.52. The highest BCUT2D eigenvalue weighted by molar-refractivity contribution is 8.02. The van der Waals surface area contributed by atoms with E-state index in [0.717, 1.165) is 47.7 Å². The van der Waals surface area contributed by atoms with Gasteiger partial charge in [-0.15, -0.1) is 11.8 Å². The van der Waals surface area contributed by atoms with Crippen LogP contribution in [0.3, 0.4) is 0 Å². The topological polar surface area (TPSA) is 65.2 Å². The lowest BCUT2D eigenvalue weighted by Gasteiger charge is -2.42. The van der Waals surface area contributed by atoms with Crippen LogP contribution in [0.2, 0.25) is 5.02 Å². The fourth-order valence-corrected chi connectivity index (χ4v) is 7.59. The van der Waals surface area contributed by atoms with E-state index >= 15 is 0 Å². The molecule has 4 aromatic rings. The molecule has 2 fully saturated rings. The largest absolute Gasteiger partial charge is 0.350 e. The summed E-state index contributed by atoms with van der Waals surface area (Å²) in [5, 5.41) is 2.91. The third-order valence-corrected chi connectivity index (χ3v) is 9.49. The van der Waals surface area contributed by atoms with Crippen LogP contribution in [0.4, 0.5) is 0 Å². The van der Waals surface area contributed by atoms with Crippen LogP contribution in [-0.4, -0.2) is 31.9 Å². The second-order valence-corrected chi connectivity index (χ2v) is 12.1. The first-order valence-corrected chi connectivity index (χ1v) is 14.0. The van der Waals surface area contributed by atoms with E-state index in [9.17, 15) is 9.59 Å². The van der Waals surface area contributed by atoms with Crippen molar-refractivity contribution in [1.29, 1.82) is 0 Å². The van der Waals surface area contributed by atoms with Crippen LogP contribution in [0.15, 0.2) is 78.9 Å². The first kappa shape index (κ1) is 24.1. The summed E-state index contributed by atoms with van der Waals surface area (Å²) >= 11 is 8.00. The summed E-state index contributed by atoms with van der Waals surface area (Å²) in [7, 11) is 0. The van der Waals surface area contributed by atoms with E-state index in [4.69, 9.17) is 11.6 Å². The van der Waals surface area contributed by atoms with Gasteiger partial charge in [0.15, 0.2) is 0 Å². The molecule has 188 valence electrons. The highest BCUT2D eigenvalue weighted by atomic mass is 35.5. The van der Waals surface area contributed by atoms with E-state index in [2.05, 4.69) is 34.7 Å². The molecule has 0 bridgehead atoms. The Labute approximate surface area is 225 Å². The van der Waals surface area contributed by atoms with Crippen molar-refractivity contribution in [3.05, 3.63) is 95.1 Å². The number of halogens is 1. The average Bonchev–Trinajstić information content (AvgIpc) is 3.41. The standard InChI is InChI=1S/C30H28ClN3O2S/c1-19-29(36)34(30(37-19)16-14-21(15-17-30)20-8-4-2-5-9-20)33-28(35)27-26(22-10-6-3-7-11-22)24-18-23(31)12-13-25(24)32-27/h2-13,18-19,21,32H,14-17H2,1H3,(H,33,35). The van der Waals surface area contributed by atoms with Crippen molar-refractivity contribution < 1.29 is 9.59 Å². The predicted molar refractivity (Wildman–Crippen MR) is 150 cm³/mol. The van der Waals surface area contributed by atoms with Crippen molar-refractivity contribution in [1.82, 2.24) is 15.4 Å². The summed E-state index contributed by atoms with van der Waals surface area (Å²) in [6, 6.07) is 25.9. The van der Waals surface area contributed by atoms with Crippen LogP contribution in [0.5, 0.6) is 0 Å². The number of rotatable bonds is 4. The van der Waals surface area contributed by atoms with Crippen LogP contribution in [-0.2, 0) is 4.79 Å². The van der Waals surface area contributed by atoms with Gasteiger partial charge in [-0.1, -0.05) is 72.3 Å². The SMILES string of the molecule is CC1SC2(CCC(c3ccccc3)CC2)N(NC(=O)c2[nH]c3ccc(Cl)cc3c2-c2ccccc2)C1=O. The van der Waals surface area contributed by atoms with Crippen LogP contribution in [0.25, 0.3) is 22.0 Å². The third-order valence-electron chi connectivity index (χ3n) is 7.67. The number of carbonyl (C=O) groups is 2. The number of aromatic nitrogens is 1. The van der Waals surface area contributed by atoms with Gasteiger partial charge in [0.05, 0.1) is 5.25 Å². The zero-order chi connectivity index (χ0) is 25.6. The molecule has 0 radical (unpaired) electrons. The second-order valence-electron chi connectivity index (χ2n) is 9.94. The van der Waals surface area contributed by atoms with Gasteiger partial charge in [0.2, 0.25) is 0 Å². The van der Waals surface area contributed by atoms with Gasteiger partial charge >= 0.3 is 0 Å². The molecule has 7 heteroatoms. The predicted octanol–water partition coefficient (Wildman–Crippen LogP) is 7.15. The lowest BCUT2D eigenvalue weighted by atomic mass is 9.81. The summed E-state index contributed by atoms with van der Waals surface area (Å²) in [4.78, 5) is 30.0. The molecule has 1 aliphatic heterocycles. The molecule has 2 amide bonds. The van der Waals surface area contributed by atoms with Gasteiger partial charge in [-0.25, -0.2) is 5.01 Å². The number of hydrogen-bond donors (Lipinski definition) is 2. The molecule has 1 atom stereocenters. The molecule has 3 aromatic carbocycles. The minimum absolute atomic E-state index is 0.0445. The van der Waals surface area contributed by atoms with Gasteiger partial charge in [0.1, 0.15) is 10.6 Å². The molecule has 1 saturated heterocycles. The molecule has 2 N–H and O–H groups in total. The Bertz CT molecular complexity index is 1460. The fourth-order valence-electron chi connectivity index (χ4n) is 5.84. The van der Waals surface area contributed by atoms with E-state index in [0.29, 0.717) is 16.6 Å². The number of thioether (sulfide) groups is 1. The second kappa shape index (κ2) is 9.58. The summed E-state index contributed by atoms with van der Waals surface area (Å²) in [5.41, 5.74) is 7.32. The Morgan fingerprint density at radius 1 is 1.03 bits per heavy atom. The Balaban J connectivity index is 1.32. The van der Waals surface area contributed by atoms with E-state index in [1.807, 2.05) is 55.5 Å². The molecule has 1 saturated carbocycles. The van der Waals surface area contributed by atoms with Gasteiger partial charge in [-0.3, -0.25) is 15.0 Å². The van der Waals surface area contributed by atoms with Crippen molar-refractivity contribution >= 4 is 46.1 Å². The Morgan fingerprint density at radius 2 is 1.70 bits per heavy atom. The van der Waals surface area contributed by atoms with Crippen LogP contribution < -0.4 is 5.43 Å². The molecule has 1 spiro atoms. The van der Waals surface area contributed by atoms with Crippen LogP contribution in [0, 0.1) is 0 Å². The molecule has 6 rings (SSSR count). The lowest BCUT2D eigenvalue weighted by Crippen LogP contribution is -2.56. The minimum atomic E-state index is -0.431. The number of nitrogens with zero attached hydrogens (tertiary/aromatic N) is 1. The Morgan fingerprint density at radius 3 is 2.41 bits per heavy atom. The number of nitrogens with one attached hydrogen (secondary N) is 2. The zero-order valence-electron chi connectivity index (χ0n) is 20.5. The quantitative estimate of drug-likeness (QED) is 0.295. The van der Waals surface area contributed by atoms with Gasteiger partial charge < -0.3 is 4.98 Å². The molecule has 1 aromatic heterocycles. The van der Waals surface area contributed by atoms with Crippen molar-refractivity contribution in [2.24, 2.45) is 0 Å². The Kier molecular flexibility index (Phi) is 6.25. The number of amides is 2. The third kappa shape index (κ3) is 4.32. The molecule has 2 aliphatic rings. The monoisotopic (exact) mass is 529 g/mol.